The lowest BCUT2D eigenvalue weighted by Gasteiger charge is -2.21. The molecule has 0 saturated heterocycles. The first-order valence-electron chi connectivity index (χ1n) is 9.82. The minimum atomic E-state index is -4.83. The van der Waals surface area contributed by atoms with Crippen LogP contribution >= 0.6 is 11.6 Å². The highest BCUT2D eigenvalue weighted by Gasteiger charge is 2.39. The number of aliphatic hydroxyl groups is 1. The van der Waals surface area contributed by atoms with Crippen molar-refractivity contribution in [2.24, 2.45) is 0 Å². The molecule has 2 amide bonds. The van der Waals surface area contributed by atoms with E-state index in [0.29, 0.717) is 19.1 Å². The second-order valence-electron chi connectivity index (χ2n) is 6.90. The molecule has 3 N–H and O–H groups in total. The number of benzene rings is 2. The van der Waals surface area contributed by atoms with Crippen LogP contribution in [0.1, 0.15) is 30.6 Å². The van der Waals surface area contributed by atoms with Gasteiger partial charge in [0.05, 0.1) is 28.6 Å². The topological polar surface area (TPSA) is 87.7 Å². The molecule has 34 heavy (non-hydrogen) atoms. The quantitative estimate of drug-likeness (QED) is 0.327. The highest BCUT2D eigenvalue weighted by atomic mass is 35.5. The fourth-order valence-corrected chi connectivity index (χ4v) is 2.90. The van der Waals surface area contributed by atoms with Gasteiger partial charge in [-0.3, -0.25) is 9.59 Å². The van der Waals surface area contributed by atoms with Crippen molar-refractivity contribution in [3.05, 3.63) is 64.2 Å². The number of carbonyl (C=O) groups is 2. The number of para-hydroxylation sites is 1. The van der Waals surface area contributed by atoms with E-state index in [0.717, 1.165) is 6.07 Å². The average Bonchev–Trinajstić information content (AvgIpc) is 2.75. The molecule has 0 aliphatic heterocycles. The van der Waals surface area contributed by atoms with Crippen molar-refractivity contribution in [2.45, 2.75) is 32.5 Å². The van der Waals surface area contributed by atoms with Gasteiger partial charge < -0.3 is 20.5 Å². The van der Waals surface area contributed by atoms with Gasteiger partial charge >= 0.3 is 6.18 Å². The number of anilines is 2. The Balaban J connectivity index is 2.50. The minimum Gasteiger partial charge on any atom is -0.480 e. The van der Waals surface area contributed by atoms with E-state index in [-0.39, 0.29) is 17.0 Å². The number of amides is 2. The van der Waals surface area contributed by atoms with Gasteiger partial charge in [0.25, 0.3) is 11.8 Å². The summed E-state index contributed by atoms with van der Waals surface area (Å²) in [6.45, 7) is 1.79. The number of hydrogen-bond donors (Lipinski definition) is 3. The van der Waals surface area contributed by atoms with Crippen LogP contribution in [0.5, 0.6) is 5.75 Å². The zero-order valence-electron chi connectivity index (χ0n) is 17.9. The Labute approximate surface area is 196 Å². The van der Waals surface area contributed by atoms with Gasteiger partial charge in [0.2, 0.25) is 0 Å². The Kier molecular flexibility index (Phi) is 9.00. The fraction of sp³-hybridized carbons (Fsp3) is 0.273. The first-order valence-corrected chi connectivity index (χ1v) is 10.2. The smallest absolute Gasteiger partial charge is 0.425 e. The van der Waals surface area contributed by atoms with Crippen LogP contribution in [0.2, 0.25) is 5.02 Å². The molecule has 0 unspecified atom stereocenters. The van der Waals surface area contributed by atoms with E-state index in [1.165, 1.54) is 18.2 Å². The van der Waals surface area contributed by atoms with Gasteiger partial charge in [0.1, 0.15) is 17.4 Å². The number of alkyl halides is 3. The molecule has 0 radical (unpaired) electrons. The molecule has 2 aromatic rings. The summed E-state index contributed by atoms with van der Waals surface area (Å²) in [5, 5.41) is 13.0. The molecule has 184 valence electrons. The summed E-state index contributed by atoms with van der Waals surface area (Å²) < 4.78 is 72.9. The second kappa shape index (κ2) is 11.3. The van der Waals surface area contributed by atoms with Crippen LogP contribution in [0, 0.1) is 11.6 Å². The van der Waals surface area contributed by atoms with Gasteiger partial charge in [-0.25, -0.2) is 8.78 Å². The molecule has 1 atom stereocenters. The standard InChI is InChI=1S/C22H20ClF5N2O4/c1-3-12(7-8-31)20(32)29-17-10-18(34-11(2)22(26,27)28)13(9-16(17)25)21(33)30-19-14(23)5-4-6-15(19)24/h4-7,9-11,31H,3,8H2,1-2H3,(H,29,32)(H,30,33)/b12-7+/t11-/m0/s1. The van der Waals surface area contributed by atoms with Gasteiger partial charge in [-0.15, -0.1) is 0 Å². The van der Waals surface area contributed by atoms with Gasteiger partial charge in [-0.1, -0.05) is 30.7 Å². The molecule has 12 heteroatoms. The lowest BCUT2D eigenvalue weighted by Crippen LogP contribution is -2.32. The summed E-state index contributed by atoms with van der Waals surface area (Å²) in [4.78, 5) is 25.0. The highest BCUT2D eigenvalue weighted by molar-refractivity contribution is 6.34. The van der Waals surface area contributed by atoms with Crippen molar-refractivity contribution < 1.29 is 41.4 Å². The van der Waals surface area contributed by atoms with Crippen molar-refractivity contribution in [3.63, 3.8) is 0 Å². The molecule has 0 saturated carbocycles. The molecule has 0 spiro atoms. The summed E-state index contributed by atoms with van der Waals surface area (Å²) >= 11 is 5.85. The van der Waals surface area contributed by atoms with Gasteiger partial charge in [0, 0.05) is 11.6 Å². The minimum absolute atomic E-state index is 0.0871. The summed E-state index contributed by atoms with van der Waals surface area (Å²) in [5.41, 5.74) is -1.66. The van der Waals surface area contributed by atoms with Crippen LogP contribution in [0.4, 0.5) is 33.3 Å². The first-order chi connectivity index (χ1) is 15.9. The zero-order valence-corrected chi connectivity index (χ0v) is 18.7. The molecular weight excluding hydrogens is 487 g/mol. The Morgan fingerprint density at radius 3 is 2.41 bits per heavy atom. The maximum atomic E-state index is 14.7. The number of aliphatic hydroxyl groups excluding tert-OH is 1. The van der Waals surface area contributed by atoms with Gasteiger partial charge in [-0.2, -0.15) is 13.2 Å². The van der Waals surface area contributed by atoms with Gasteiger partial charge in [0.15, 0.2) is 6.10 Å². The van der Waals surface area contributed by atoms with E-state index >= 15 is 0 Å². The summed E-state index contributed by atoms with van der Waals surface area (Å²) in [7, 11) is 0. The SMILES string of the molecule is CC/C(=C\CO)C(=O)Nc1cc(O[C@@H](C)C(F)(F)F)c(C(=O)Nc2c(F)cccc2Cl)cc1F. The maximum absolute atomic E-state index is 14.7. The number of nitrogens with one attached hydrogen (secondary N) is 2. The predicted octanol–water partition coefficient (Wildman–Crippen LogP) is 5.47. The summed E-state index contributed by atoms with van der Waals surface area (Å²) in [5.74, 6) is -4.86. The largest absolute Gasteiger partial charge is 0.480 e. The van der Waals surface area contributed by atoms with Crippen molar-refractivity contribution in [2.75, 3.05) is 17.2 Å². The third kappa shape index (κ3) is 6.67. The fourth-order valence-electron chi connectivity index (χ4n) is 2.69. The second-order valence-corrected chi connectivity index (χ2v) is 7.31. The van der Waals surface area contributed by atoms with Crippen molar-refractivity contribution in [3.8, 4) is 5.75 Å². The van der Waals surface area contributed by atoms with Crippen LogP contribution in [0.15, 0.2) is 42.0 Å². The normalized spacial score (nSPS) is 12.8. The lowest BCUT2D eigenvalue weighted by atomic mass is 10.1. The zero-order chi connectivity index (χ0) is 25.6. The van der Waals surface area contributed by atoms with Crippen molar-refractivity contribution in [1.82, 2.24) is 0 Å². The molecule has 6 nitrogen and oxygen atoms in total. The molecule has 0 bridgehead atoms. The maximum Gasteiger partial charge on any atom is 0.425 e. The molecule has 2 aromatic carbocycles. The number of carbonyl (C=O) groups excluding carboxylic acids is 2. The Hall–Kier alpha value is -3.18. The van der Waals surface area contributed by atoms with Crippen LogP contribution in [0.25, 0.3) is 0 Å². The van der Waals surface area contributed by atoms with Crippen LogP contribution in [-0.2, 0) is 4.79 Å². The van der Waals surface area contributed by atoms with Crippen LogP contribution in [0.3, 0.4) is 0 Å². The third-order valence-corrected chi connectivity index (χ3v) is 4.85. The molecular formula is C22H20ClF5N2O4. The number of halogens is 6. The predicted molar refractivity (Wildman–Crippen MR) is 116 cm³/mol. The van der Waals surface area contributed by atoms with Crippen LogP contribution in [-0.4, -0.2) is 35.8 Å². The number of ether oxygens (including phenoxy) is 1. The van der Waals surface area contributed by atoms with E-state index in [1.807, 2.05) is 0 Å². The molecule has 0 aromatic heterocycles. The number of hydrogen-bond acceptors (Lipinski definition) is 4. The van der Waals surface area contributed by atoms with Crippen LogP contribution < -0.4 is 15.4 Å². The van der Waals surface area contributed by atoms with Gasteiger partial charge in [-0.05, 0) is 31.5 Å². The molecule has 0 fully saturated rings. The Morgan fingerprint density at radius 2 is 1.85 bits per heavy atom. The Bertz CT molecular complexity index is 1090. The average molecular weight is 507 g/mol. The Morgan fingerprint density at radius 1 is 1.18 bits per heavy atom. The number of rotatable bonds is 8. The summed E-state index contributed by atoms with van der Waals surface area (Å²) in [6, 6.07) is 4.75. The van der Waals surface area contributed by atoms with Crippen molar-refractivity contribution in [1.29, 1.82) is 0 Å². The highest BCUT2D eigenvalue weighted by Crippen LogP contribution is 2.33. The molecule has 2 rings (SSSR count). The summed E-state index contributed by atoms with van der Waals surface area (Å²) in [6.07, 6.45) is -5.90. The molecule has 0 aliphatic carbocycles. The van der Waals surface area contributed by atoms with Crippen molar-refractivity contribution >= 4 is 34.8 Å². The van der Waals surface area contributed by atoms with E-state index in [2.05, 4.69) is 10.6 Å². The van der Waals surface area contributed by atoms with E-state index < -0.39 is 65.0 Å². The molecule has 0 aliphatic rings. The van der Waals surface area contributed by atoms with E-state index in [1.54, 1.807) is 6.92 Å². The lowest BCUT2D eigenvalue weighted by molar-refractivity contribution is -0.189. The van der Waals surface area contributed by atoms with E-state index in [4.69, 9.17) is 21.4 Å². The molecule has 0 heterocycles. The third-order valence-electron chi connectivity index (χ3n) is 4.54. The monoisotopic (exact) mass is 506 g/mol. The first kappa shape index (κ1) is 27.1. The van der Waals surface area contributed by atoms with E-state index in [9.17, 15) is 31.5 Å².